The fourth-order valence-corrected chi connectivity index (χ4v) is 14.3. The zero-order valence-electron chi connectivity index (χ0n) is 45.7. The predicted molar refractivity (Wildman–Crippen MR) is 331 cm³/mol. The standard InChI is InChI=1S/C35H33N2O2.C28H30N2O7S5/c1-4-25(21-34-36(5-2)30-23-28(17-19-32(30)38-34)26-13-9-7-10-14-26)22-35-37(6-3)31-24-29(18-20-33(31)39-35)27-15-11-8-12-16-27;1-3-19(16-26-29(11-4-14-41(31,32)33)22-18-20(37-2)6-7-24(22)39-26)17-27-30(12-5-15-42(34,35)36)28-21-10-13-38-23(21)8-9-25(28)40-27/h7-24H,4-6H2,1-3H3;6-10,13,16-18H,3-5,11-12,14-15H2,1-2H3,(H-,31,32,33,34,35,36)/q+1;/p+1. The summed E-state index contributed by atoms with van der Waals surface area (Å²) in [7, 11) is -6.56. The van der Waals surface area contributed by atoms with E-state index in [4.69, 9.17) is 13.9 Å². The van der Waals surface area contributed by atoms with Crippen molar-refractivity contribution < 1.29 is 49.0 Å². The summed E-state index contributed by atoms with van der Waals surface area (Å²) in [6.07, 6.45) is 10.6. The van der Waals surface area contributed by atoms with Crippen LogP contribution in [0.4, 0.5) is 11.4 Å². The molecule has 13 nitrogen and oxygen atoms in total. The first kappa shape index (κ1) is 57.2. The predicted octanol–water partition coefficient (Wildman–Crippen LogP) is 14.8. The molecular formula is C63H64N4O9S5+2. The number of rotatable bonds is 19. The van der Waals surface area contributed by atoms with E-state index >= 15 is 0 Å². The maximum Gasteiger partial charge on any atom is 0.374 e. The molecule has 0 unspecified atom stereocenters. The van der Waals surface area contributed by atoms with Gasteiger partial charge in [-0.1, -0.05) is 110 Å². The number of oxazole rings is 1. The monoisotopic (exact) mass is 1180 g/mol. The van der Waals surface area contributed by atoms with Crippen molar-refractivity contribution in [3.63, 3.8) is 0 Å². The number of thiophene rings is 1. The Balaban J connectivity index is 0.000000182. The molecule has 6 aromatic carbocycles. The summed E-state index contributed by atoms with van der Waals surface area (Å²) in [4.78, 5) is 5.31. The molecule has 0 atom stereocenters. The molecule has 0 saturated carbocycles. The van der Waals surface area contributed by atoms with E-state index in [1.807, 2.05) is 35.7 Å². The number of nitrogens with zero attached hydrogens (tertiary/aromatic N) is 4. The van der Waals surface area contributed by atoms with Gasteiger partial charge in [-0.2, -0.15) is 26.0 Å². The quantitative estimate of drug-likeness (QED) is 0.0585. The fraction of sp³-hybridized carbons (Fsp3) is 0.238. The molecule has 2 aliphatic rings. The zero-order valence-corrected chi connectivity index (χ0v) is 49.8. The molecule has 0 spiro atoms. The number of aromatic nitrogens is 2. The number of benzene rings is 6. The van der Waals surface area contributed by atoms with E-state index in [0.717, 1.165) is 112 Å². The third-order valence-corrected chi connectivity index (χ3v) is 18.9. The summed E-state index contributed by atoms with van der Waals surface area (Å²) >= 11 is 4.87. The lowest BCUT2D eigenvalue weighted by Crippen LogP contribution is -2.36. The highest BCUT2D eigenvalue weighted by molar-refractivity contribution is 8.03. The number of fused-ring (bicyclic) bond motifs is 6. The van der Waals surface area contributed by atoms with E-state index < -0.39 is 20.2 Å². The number of aryl methyl sites for hydroxylation is 2. The molecular weight excluding hydrogens is 1120 g/mol. The Morgan fingerprint density at radius 1 is 0.679 bits per heavy atom. The molecule has 0 fully saturated rings. The maximum atomic E-state index is 11.5. The van der Waals surface area contributed by atoms with Crippen molar-refractivity contribution in [1.82, 2.24) is 0 Å². The van der Waals surface area contributed by atoms with Crippen LogP contribution in [-0.4, -0.2) is 57.6 Å². The Bertz CT molecular complexity index is 4130. The second kappa shape index (κ2) is 25.0. The number of allylic oxidation sites excluding steroid dienone is 4. The lowest BCUT2D eigenvalue weighted by molar-refractivity contribution is -0.674. The summed E-state index contributed by atoms with van der Waals surface area (Å²) < 4.78 is 89.1. The molecule has 418 valence electrons. The maximum absolute atomic E-state index is 11.5. The smallest absolute Gasteiger partial charge is 0.374 e. The Hall–Kier alpha value is -7.03. The molecule has 2 aliphatic heterocycles. The third-order valence-electron chi connectivity index (χ3n) is 14.2. The van der Waals surface area contributed by atoms with Crippen LogP contribution in [0.1, 0.15) is 64.3 Å². The number of thiazole rings is 1. The molecule has 0 bridgehead atoms. The van der Waals surface area contributed by atoms with Gasteiger partial charge in [0.2, 0.25) is 17.0 Å². The topological polar surface area (TPSA) is 155 Å². The van der Waals surface area contributed by atoms with Gasteiger partial charge in [-0.25, -0.2) is 0 Å². The highest BCUT2D eigenvalue weighted by Gasteiger charge is 2.30. The number of ether oxygens (including phenoxy) is 2. The van der Waals surface area contributed by atoms with Gasteiger partial charge in [0.1, 0.15) is 17.0 Å². The normalized spacial score (nSPS) is 14.8. The molecule has 0 saturated heterocycles. The number of anilines is 2. The van der Waals surface area contributed by atoms with Crippen LogP contribution in [-0.2, 0) is 33.3 Å². The van der Waals surface area contributed by atoms with E-state index in [9.17, 15) is 25.9 Å². The van der Waals surface area contributed by atoms with Gasteiger partial charge >= 0.3 is 5.89 Å². The van der Waals surface area contributed by atoms with Gasteiger partial charge in [0, 0.05) is 53.4 Å². The molecule has 11 rings (SSSR count). The average molecular weight is 1180 g/mol. The van der Waals surface area contributed by atoms with Gasteiger partial charge in [0.05, 0.1) is 46.5 Å². The van der Waals surface area contributed by atoms with Gasteiger partial charge < -0.3 is 23.7 Å². The third kappa shape index (κ3) is 13.2. The minimum absolute atomic E-state index is 0.249. The van der Waals surface area contributed by atoms with Crippen molar-refractivity contribution in [3.05, 3.63) is 184 Å². The van der Waals surface area contributed by atoms with Crippen LogP contribution in [0.5, 0.6) is 11.5 Å². The summed E-state index contributed by atoms with van der Waals surface area (Å²) in [5, 5.41) is 5.05. The molecule has 0 aliphatic carbocycles. The number of hydrogen-bond donors (Lipinski definition) is 2. The van der Waals surface area contributed by atoms with Crippen LogP contribution in [0.2, 0.25) is 0 Å². The highest BCUT2D eigenvalue weighted by Crippen LogP contribution is 2.48. The Kier molecular flexibility index (Phi) is 17.7. The van der Waals surface area contributed by atoms with E-state index in [1.165, 1.54) is 22.3 Å². The fourth-order valence-electron chi connectivity index (χ4n) is 10.1. The first-order valence-corrected chi connectivity index (χ1v) is 32.7. The minimum Gasteiger partial charge on any atom is -0.497 e. The Morgan fingerprint density at radius 2 is 1.36 bits per heavy atom. The molecule has 81 heavy (non-hydrogen) atoms. The van der Waals surface area contributed by atoms with Crippen molar-refractivity contribution >= 4 is 110 Å². The second-order valence-electron chi connectivity index (χ2n) is 19.4. The summed E-state index contributed by atoms with van der Waals surface area (Å²) in [5.74, 6) is 2.62. The average Bonchev–Trinajstić information content (AvgIpc) is 4.36. The summed E-state index contributed by atoms with van der Waals surface area (Å²) in [5.41, 5.74) is 12.0. The van der Waals surface area contributed by atoms with Crippen molar-refractivity contribution in [3.8, 4) is 33.8 Å². The van der Waals surface area contributed by atoms with Crippen molar-refractivity contribution in [1.29, 1.82) is 0 Å². The first-order chi connectivity index (χ1) is 39.1. The molecule has 3 aromatic heterocycles. The molecule has 9 aromatic rings. The van der Waals surface area contributed by atoms with Crippen LogP contribution >= 0.6 is 34.4 Å². The van der Waals surface area contributed by atoms with Crippen LogP contribution in [0.3, 0.4) is 0 Å². The zero-order chi connectivity index (χ0) is 56.8. The largest absolute Gasteiger partial charge is 0.497 e. The number of thioether (sulfide) groups is 1. The molecule has 5 heterocycles. The Labute approximate surface area is 485 Å². The van der Waals surface area contributed by atoms with E-state index in [1.54, 1.807) is 41.5 Å². The van der Waals surface area contributed by atoms with Crippen LogP contribution < -0.4 is 28.4 Å². The van der Waals surface area contributed by atoms with Gasteiger partial charge in [-0.05, 0) is 126 Å². The van der Waals surface area contributed by atoms with Gasteiger partial charge in [0.25, 0.3) is 30.8 Å². The van der Waals surface area contributed by atoms with Gasteiger partial charge in [0.15, 0.2) is 12.3 Å². The lowest BCUT2D eigenvalue weighted by atomic mass is 10.0. The molecule has 0 amide bonds. The summed E-state index contributed by atoms with van der Waals surface area (Å²) in [6.45, 7) is 11.0. The highest BCUT2D eigenvalue weighted by atomic mass is 32.2. The lowest BCUT2D eigenvalue weighted by Gasteiger charge is -2.21. The van der Waals surface area contributed by atoms with Crippen molar-refractivity contribution in [2.75, 3.05) is 41.5 Å². The minimum atomic E-state index is -4.08. The van der Waals surface area contributed by atoms with E-state index in [0.29, 0.717) is 18.8 Å². The van der Waals surface area contributed by atoms with E-state index in [-0.39, 0.29) is 24.3 Å². The van der Waals surface area contributed by atoms with E-state index in [2.05, 4.69) is 174 Å². The first-order valence-electron chi connectivity index (χ1n) is 27.0. The van der Waals surface area contributed by atoms with Crippen LogP contribution in [0, 0.1) is 0 Å². The second-order valence-corrected chi connectivity index (χ2v) is 25.7. The number of hydrogen-bond acceptors (Lipinski definition) is 12. The van der Waals surface area contributed by atoms with Crippen LogP contribution in [0.25, 0.3) is 65.8 Å². The van der Waals surface area contributed by atoms with Crippen molar-refractivity contribution in [2.45, 2.75) is 71.4 Å². The van der Waals surface area contributed by atoms with Crippen LogP contribution in [0.15, 0.2) is 182 Å². The SMILES string of the molecule is CCC(/C=C1\Sc2ccc(OC)cc2N1CCCS(=O)(=O)O)=C\c1sc2ccc3sccc3c2[n+]1CCCS(=O)(=O)O.CCC(=C\c1oc2ccc(-c3ccccc3)cc2[n+]1CC)/C=C1/Oc2ccc(-c3ccccc3)cc2N1CC. The summed E-state index contributed by atoms with van der Waals surface area (Å²) in [6, 6.07) is 45.9. The Morgan fingerprint density at radius 3 is 2.04 bits per heavy atom. The number of methoxy groups -OCH3 is 1. The molecule has 18 heteroatoms. The van der Waals surface area contributed by atoms with Crippen molar-refractivity contribution in [2.24, 2.45) is 0 Å². The molecule has 0 radical (unpaired) electrons. The van der Waals surface area contributed by atoms with Gasteiger partial charge in [-0.15, -0.1) is 11.3 Å². The van der Waals surface area contributed by atoms with Gasteiger partial charge in [-0.3, -0.25) is 9.11 Å². The molecule has 2 N–H and O–H groups in total.